The summed E-state index contributed by atoms with van der Waals surface area (Å²) in [5.41, 5.74) is 3.61. The van der Waals surface area contributed by atoms with Gasteiger partial charge in [0.2, 0.25) is 0 Å². The van der Waals surface area contributed by atoms with Crippen molar-refractivity contribution in [3.63, 3.8) is 0 Å². The van der Waals surface area contributed by atoms with Crippen molar-refractivity contribution < 1.29 is 4.79 Å². The maximum atomic E-state index is 12.8. The summed E-state index contributed by atoms with van der Waals surface area (Å²) >= 11 is 1.47. The van der Waals surface area contributed by atoms with Crippen molar-refractivity contribution in [1.82, 2.24) is 14.7 Å². The van der Waals surface area contributed by atoms with E-state index in [4.69, 9.17) is 0 Å². The standard InChI is InChI=1S/C21H16N4OS/c22-14-16-7-4-8-17(13-16)19-18(24-21-25(19)11-12-27-21)20(26)23-10-9-15-5-2-1-3-6-15/h1-8,11-13H,9-10H2,(H,23,26). The summed E-state index contributed by atoms with van der Waals surface area (Å²) in [6.07, 6.45) is 2.65. The third-order valence-electron chi connectivity index (χ3n) is 4.28. The van der Waals surface area contributed by atoms with Crippen molar-refractivity contribution in [2.24, 2.45) is 0 Å². The van der Waals surface area contributed by atoms with Gasteiger partial charge in [-0.3, -0.25) is 9.20 Å². The lowest BCUT2D eigenvalue weighted by atomic mass is 10.1. The van der Waals surface area contributed by atoms with Crippen molar-refractivity contribution in [2.45, 2.75) is 6.42 Å². The van der Waals surface area contributed by atoms with E-state index in [-0.39, 0.29) is 5.91 Å². The Hall–Kier alpha value is -3.43. The first-order valence-electron chi connectivity index (χ1n) is 8.54. The van der Waals surface area contributed by atoms with Crippen LogP contribution in [0.1, 0.15) is 21.6 Å². The molecule has 0 saturated heterocycles. The predicted molar refractivity (Wildman–Crippen MR) is 106 cm³/mol. The highest BCUT2D eigenvalue weighted by molar-refractivity contribution is 7.15. The first-order valence-corrected chi connectivity index (χ1v) is 9.42. The first kappa shape index (κ1) is 17.0. The number of nitrogens with zero attached hydrogens (tertiary/aromatic N) is 3. The molecule has 0 aliphatic heterocycles. The number of carbonyl (C=O) groups is 1. The molecule has 1 amide bonds. The van der Waals surface area contributed by atoms with Gasteiger partial charge in [0.05, 0.1) is 17.3 Å². The second-order valence-corrected chi connectivity index (χ2v) is 6.92. The van der Waals surface area contributed by atoms with Gasteiger partial charge in [0.15, 0.2) is 10.7 Å². The topological polar surface area (TPSA) is 70.2 Å². The van der Waals surface area contributed by atoms with Gasteiger partial charge in [0, 0.05) is 23.7 Å². The molecule has 4 rings (SSSR count). The number of imidazole rings is 1. The summed E-state index contributed by atoms with van der Waals surface area (Å²) in [5.74, 6) is -0.209. The number of amides is 1. The van der Waals surface area contributed by atoms with Gasteiger partial charge in [0.25, 0.3) is 5.91 Å². The molecule has 0 radical (unpaired) electrons. The minimum atomic E-state index is -0.209. The number of nitrogens with one attached hydrogen (secondary N) is 1. The maximum Gasteiger partial charge on any atom is 0.272 e. The van der Waals surface area contributed by atoms with Gasteiger partial charge in [-0.2, -0.15) is 5.26 Å². The van der Waals surface area contributed by atoms with Crippen LogP contribution in [0, 0.1) is 11.3 Å². The highest BCUT2D eigenvalue weighted by Crippen LogP contribution is 2.28. The zero-order chi connectivity index (χ0) is 18.6. The summed E-state index contributed by atoms with van der Waals surface area (Å²) in [7, 11) is 0. The van der Waals surface area contributed by atoms with Gasteiger partial charge in [0.1, 0.15) is 0 Å². The molecule has 5 nitrogen and oxygen atoms in total. The summed E-state index contributed by atoms with van der Waals surface area (Å²) < 4.78 is 1.90. The fourth-order valence-corrected chi connectivity index (χ4v) is 3.72. The molecule has 132 valence electrons. The number of rotatable bonds is 5. The number of hydrogen-bond acceptors (Lipinski definition) is 4. The van der Waals surface area contributed by atoms with Gasteiger partial charge >= 0.3 is 0 Å². The molecule has 0 spiro atoms. The van der Waals surface area contributed by atoms with E-state index in [2.05, 4.69) is 16.4 Å². The monoisotopic (exact) mass is 372 g/mol. The predicted octanol–water partition coefficient (Wildman–Crippen LogP) is 3.91. The second-order valence-electron chi connectivity index (χ2n) is 6.05. The molecule has 0 saturated carbocycles. The third-order valence-corrected chi connectivity index (χ3v) is 5.04. The molecule has 0 aliphatic carbocycles. The van der Waals surface area contributed by atoms with Crippen molar-refractivity contribution in [3.8, 4) is 17.3 Å². The van der Waals surface area contributed by atoms with E-state index in [1.54, 1.807) is 12.1 Å². The van der Waals surface area contributed by atoms with Crippen LogP contribution in [0.4, 0.5) is 0 Å². The quantitative estimate of drug-likeness (QED) is 0.577. The molecule has 6 heteroatoms. The smallest absolute Gasteiger partial charge is 0.272 e. The number of hydrogen-bond donors (Lipinski definition) is 1. The van der Waals surface area contributed by atoms with Crippen LogP contribution in [0.25, 0.3) is 16.2 Å². The molecule has 0 atom stereocenters. The normalized spacial score (nSPS) is 10.6. The van der Waals surface area contributed by atoms with E-state index in [1.165, 1.54) is 16.9 Å². The number of aromatic nitrogens is 2. The molecule has 1 N–H and O–H groups in total. The zero-order valence-electron chi connectivity index (χ0n) is 14.4. The number of benzene rings is 2. The Morgan fingerprint density at radius 3 is 2.85 bits per heavy atom. The van der Waals surface area contributed by atoms with Crippen LogP contribution in [0.15, 0.2) is 66.2 Å². The van der Waals surface area contributed by atoms with Crippen LogP contribution in [-0.4, -0.2) is 21.8 Å². The lowest BCUT2D eigenvalue weighted by molar-refractivity contribution is 0.0950. The van der Waals surface area contributed by atoms with Gasteiger partial charge in [-0.25, -0.2) is 4.98 Å². The summed E-state index contributed by atoms with van der Waals surface area (Å²) in [6.45, 7) is 0.533. The minimum Gasteiger partial charge on any atom is -0.350 e. The van der Waals surface area contributed by atoms with E-state index >= 15 is 0 Å². The Kier molecular flexibility index (Phi) is 4.69. The van der Waals surface area contributed by atoms with E-state index in [9.17, 15) is 10.1 Å². The lowest BCUT2D eigenvalue weighted by Crippen LogP contribution is -2.26. The van der Waals surface area contributed by atoms with E-state index < -0.39 is 0 Å². The molecule has 4 aromatic rings. The summed E-state index contributed by atoms with van der Waals surface area (Å²) in [4.78, 5) is 18.1. The Balaban J connectivity index is 1.62. The molecule has 0 fully saturated rings. The Morgan fingerprint density at radius 2 is 2.04 bits per heavy atom. The van der Waals surface area contributed by atoms with Crippen LogP contribution in [-0.2, 0) is 6.42 Å². The van der Waals surface area contributed by atoms with Crippen molar-refractivity contribution >= 4 is 22.2 Å². The molecule has 2 aromatic heterocycles. The van der Waals surface area contributed by atoms with Crippen molar-refractivity contribution in [3.05, 3.63) is 83.0 Å². The fraction of sp³-hybridized carbons (Fsp3) is 0.0952. The largest absolute Gasteiger partial charge is 0.350 e. The Labute approximate surface area is 160 Å². The van der Waals surface area contributed by atoms with Crippen LogP contribution in [0.2, 0.25) is 0 Å². The van der Waals surface area contributed by atoms with Gasteiger partial charge < -0.3 is 5.32 Å². The Morgan fingerprint density at radius 1 is 1.19 bits per heavy atom. The molecular formula is C21H16N4OS. The van der Waals surface area contributed by atoms with E-state index in [0.717, 1.165) is 16.9 Å². The fourth-order valence-electron chi connectivity index (χ4n) is 3.00. The third kappa shape index (κ3) is 3.46. The van der Waals surface area contributed by atoms with Crippen LogP contribution in [0.5, 0.6) is 0 Å². The molecule has 0 aliphatic rings. The highest BCUT2D eigenvalue weighted by Gasteiger charge is 2.21. The first-order chi connectivity index (χ1) is 13.3. The highest BCUT2D eigenvalue weighted by atomic mass is 32.1. The second kappa shape index (κ2) is 7.44. The number of fused-ring (bicyclic) bond motifs is 1. The SMILES string of the molecule is N#Cc1cccc(-c2c(C(=O)NCCc3ccccc3)nc3sccn23)c1. The van der Waals surface area contributed by atoms with Crippen molar-refractivity contribution in [2.75, 3.05) is 6.54 Å². The molecule has 2 heterocycles. The van der Waals surface area contributed by atoms with Crippen LogP contribution >= 0.6 is 11.3 Å². The number of nitriles is 1. The van der Waals surface area contributed by atoms with E-state index in [1.807, 2.05) is 58.4 Å². The van der Waals surface area contributed by atoms with Gasteiger partial charge in [-0.05, 0) is 24.1 Å². The molecule has 0 unspecified atom stereocenters. The molecule has 0 bridgehead atoms. The van der Waals surface area contributed by atoms with Crippen molar-refractivity contribution in [1.29, 1.82) is 5.26 Å². The number of carbonyl (C=O) groups excluding carboxylic acids is 1. The van der Waals surface area contributed by atoms with Crippen LogP contribution < -0.4 is 5.32 Å². The molecular weight excluding hydrogens is 356 g/mol. The maximum absolute atomic E-state index is 12.8. The summed E-state index contributed by atoms with van der Waals surface area (Å²) in [5, 5.41) is 14.1. The van der Waals surface area contributed by atoms with E-state index in [0.29, 0.717) is 23.5 Å². The molecule has 2 aromatic carbocycles. The lowest BCUT2D eigenvalue weighted by Gasteiger charge is -2.07. The van der Waals surface area contributed by atoms with Crippen LogP contribution in [0.3, 0.4) is 0 Å². The average Bonchev–Trinajstić information content (AvgIpc) is 3.30. The number of thiazole rings is 1. The van der Waals surface area contributed by atoms with Gasteiger partial charge in [-0.15, -0.1) is 11.3 Å². The Bertz CT molecular complexity index is 1140. The minimum absolute atomic E-state index is 0.209. The zero-order valence-corrected chi connectivity index (χ0v) is 15.2. The molecule has 27 heavy (non-hydrogen) atoms. The average molecular weight is 372 g/mol. The summed E-state index contributed by atoms with van der Waals surface area (Å²) in [6, 6.07) is 19.4. The van der Waals surface area contributed by atoms with Gasteiger partial charge in [-0.1, -0.05) is 42.5 Å².